The molecule has 1 atom stereocenters. The van der Waals surface area contributed by atoms with Crippen LogP contribution >= 0.6 is 0 Å². The molecule has 0 heterocycles. The highest BCUT2D eigenvalue weighted by molar-refractivity contribution is 5.10. The Kier molecular flexibility index (Phi) is 4.21. The van der Waals surface area contributed by atoms with Crippen molar-refractivity contribution in [1.29, 1.82) is 0 Å². The molecular weight excluding hydrogens is 152 g/mol. The van der Waals surface area contributed by atoms with Crippen LogP contribution in [0.4, 0.5) is 0 Å². The van der Waals surface area contributed by atoms with Crippen LogP contribution < -0.4 is 0 Å². The van der Waals surface area contributed by atoms with Gasteiger partial charge in [0.2, 0.25) is 0 Å². The molecule has 0 rings (SSSR count). The van der Waals surface area contributed by atoms with Crippen molar-refractivity contribution in [3.8, 4) is 0 Å². The predicted octanol–water partition coefficient (Wildman–Crippen LogP) is 1.64. The van der Waals surface area contributed by atoms with E-state index in [1.54, 1.807) is 19.9 Å². The van der Waals surface area contributed by atoms with E-state index >= 15 is 0 Å². The van der Waals surface area contributed by atoms with E-state index in [4.69, 9.17) is 0 Å². The SMILES string of the molecule is C=CC(=C)CCC(O)C(C)(C)O. The highest BCUT2D eigenvalue weighted by Gasteiger charge is 2.23. The number of allylic oxidation sites excluding steroid dienone is 2. The quantitative estimate of drug-likeness (QED) is 0.616. The molecule has 0 aliphatic carbocycles. The van der Waals surface area contributed by atoms with Gasteiger partial charge in [0.25, 0.3) is 0 Å². The molecular formula is C10H18O2. The molecule has 0 aliphatic rings. The van der Waals surface area contributed by atoms with Crippen LogP contribution in [-0.2, 0) is 0 Å². The molecule has 2 heteroatoms. The third-order valence-corrected chi connectivity index (χ3v) is 1.84. The van der Waals surface area contributed by atoms with Gasteiger partial charge in [-0.05, 0) is 26.7 Å². The van der Waals surface area contributed by atoms with Crippen molar-refractivity contribution < 1.29 is 10.2 Å². The van der Waals surface area contributed by atoms with E-state index in [0.717, 1.165) is 5.57 Å². The molecule has 2 N–H and O–H groups in total. The maximum atomic E-state index is 9.40. The first kappa shape index (κ1) is 11.4. The van der Waals surface area contributed by atoms with E-state index in [1.807, 2.05) is 0 Å². The molecule has 0 fully saturated rings. The van der Waals surface area contributed by atoms with Crippen molar-refractivity contribution in [3.05, 3.63) is 24.8 Å². The molecule has 70 valence electrons. The van der Waals surface area contributed by atoms with Gasteiger partial charge >= 0.3 is 0 Å². The van der Waals surface area contributed by atoms with Gasteiger partial charge in [0.1, 0.15) is 0 Å². The van der Waals surface area contributed by atoms with E-state index in [1.165, 1.54) is 0 Å². The standard InChI is InChI=1S/C10H18O2/c1-5-8(2)6-7-9(11)10(3,4)12/h5,9,11-12H,1-2,6-7H2,3-4H3. The van der Waals surface area contributed by atoms with Gasteiger partial charge in [-0.3, -0.25) is 0 Å². The van der Waals surface area contributed by atoms with Crippen LogP contribution in [-0.4, -0.2) is 21.9 Å². The molecule has 0 radical (unpaired) electrons. The van der Waals surface area contributed by atoms with Gasteiger partial charge in [-0.2, -0.15) is 0 Å². The van der Waals surface area contributed by atoms with Crippen LogP contribution in [0.15, 0.2) is 24.8 Å². The number of aliphatic hydroxyl groups is 2. The Bertz CT molecular complexity index is 165. The summed E-state index contributed by atoms with van der Waals surface area (Å²) in [5, 5.41) is 18.8. The average molecular weight is 170 g/mol. The summed E-state index contributed by atoms with van der Waals surface area (Å²) in [6, 6.07) is 0. The zero-order valence-corrected chi connectivity index (χ0v) is 7.88. The first-order valence-electron chi connectivity index (χ1n) is 4.08. The average Bonchev–Trinajstić information content (AvgIpc) is 1.97. The Morgan fingerprint density at radius 1 is 1.58 bits per heavy atom. The molecule has 2 nitrogen and oxygen atoms in total. The van der Waals surface area contributed by atoms with Crippen LogP contribution in [0.5, 0.6) is 0 Å². The molecule has 0 aliphatic heterocycles. The summed E-state index contributed by atoms with van der Waals surface area (Å²) in [5.74, 6) is 0. The summed E-state index contributed by atoms with van der Waals surface area (Å²) in [5.41, 5.74) is -0.139. The monoisotopic (exact) mass is 170 g/mol. The normalized spacial score (nSPS) is 14.0. The molecule has 0 bridgehead atoms. The lowest BCUT2D eigenvalue weighted by molar-refractivity contribution is -0.0508. The number of rotatable bonds is 5. The maximum Gasteiger partial charge on any atom is 0.0849 e. The highest BCUT2D eigenvalue weighted by atomic mass is 16.3. The molecule has 0 saturated heterocycles. The third kappa shape index (κ3) is 4.31. The molecule has 0 saturated carbocycles. The fourth-order valence-electron chi connectivity index (χ4n) is 0.777. The largest absolute Gasteiger partial charge is 0.390 e. The topological polar surface area (TPSA) is 40.5 Å². The van der Waals surface area contributed by atoms with Crippen LogP contribution in [0.25, 0.3) is 0 Å². The second-order valence-electron chi connectivity index (χ2n) is 3.57. The van der Waals surface area contributed by atoms with E-state index in [-0.39, 0.29) is 0 Å². The van der Waals surface area contributed by atoms with Crippen LogP contribution in [0.1, 0.15) is 26.7 Å². The van der Waals surface area contributed by atoms with Crippen molar-refractivity contribution in [1.82, 2.24) is 0 Å². The van der Waals surface area contributed by atoms with Gasteiger partial charge in [-0.1, -0.05) is 24.8 Å². The fraction of sp³-hybridized carbons (Fsp3) is 0.600. The maximum absolute atomic E-state index is 9.40. The minimum atomic E-state index is -1.03. The Hall–Kier alpha value is -0.600. The summed E-state index contributed by atoms with van der Waals surface area (Å²) >= 11 is 0. The van der Waals surface area contributed by atoms with Crippen molar-refractivity contribution in [3.63, 3.8) is 0 Å². The molecule has 0 aromatic heterocycles. The Morgan fingerprint density at radius 3 is 2.42 bits per heavy atom. The molecule has 0 aromatic carbocycles. The van der Waals surface area contributed by atoms with Gasteiger partial charge in [0.05, 0.1) is 11.7 Å². The molecule has 0 aromatic rings. The number of hydrogen-bond acceptors (Lipinski definition) is 2. The van der Waals surface area contributed by atoms with Crippen LogP contribution in [0, 0.1) is 0 Å². The summed E-state index contributed by atoms with van der Waals surface area (Å²) in [6.45, 7) is 10.5. The van der Waals surface area contributed by atoms with Crippen molar-refractivity contribution >= 4 is 0 Å². The van der Waals surface area contributed by atoms with Gasteiger partial charge < -0.3 is 10.2 Å². The van der Waals surface area contributed by atoms with Crippen LogP contribution in [0.3, 0.4) is 0 Å². The lowest BCUT2D eigenvalue weighted by Gasteiger charge is -2.24. The minimum Gasteiger partial charge on any atom is -0.390 e. The first-order chi connectivity index (χ1) is 5.38. The van der Waals surface area contributed by atoms with Gasteiger partial charge in [-0.25, -0.2) is 0 Å². The predicted molar refractivity (Wildman–Crippen MR) is 50.9 cm³/mol. The van der Waals surface area contributed by atoms with Crippen molar-refractivity contribution in [2.24, 2.45) is 0 Å². The molecule has 0 amide bonds. The Morgan fingerprint density at radius 2 is 2.08 bits per heavy atom. The van der Waals surface area contributed by atoms with E-state index in [2.05, 4.69) is 13.2 Å². The highest BCUT2D eigenvalue weighted by Crippen LogP contribution is 2.15. The third-order valence-electron chi connectivity index (χ3n) is 1.84. The summed E-state index contributed by atoms with van der Waals surface area (Å²) in [7, 11) is 0. The van der Waals surface area contributed by atoms with E-state index in [0.29, 0.717) is 12.8 Å². The lowest BCUT2D eigenvalue weighted by Crippen LogP contribution is -2.35. The van der Waals surface area contributed by atoms with Gasteiger partial charge in [0, 0.05) is 0 Å². The van der Waals surface area contributed by atoms with Crippen molar-refractivity contribution in [2.45, 2.75) is 38.4 Å². The number of aliphatic hydroxyl groups excluding tert-OH is 1. The molecule has 1 unspecified atom stereocenters. The van der Waals surface area contributed by atoms with Crippen LogP contribution in [0.2, 0.25) is 0 Å². The summed E-state index contributed by atoms with van der Waals surface area (Å²) < 4.78 is 0. The second-order valence-corrected chi connectivity index (χ2v) is 3.57. The van der Waals surface area contributed by atoms with Gasteiger partial charge in [0.15, 0.2) is 0 Å². The minimum absolute atomic E-state index is 0.522. The van der Waals surface area contributed by atoms with E-state index in [9.17, 15) is 10.2 Å². The summed E-state index contributed by atoms with van der Waals surface area (Å²) in [6.07, 6.45) is 2.16. The van der Waals surface area contributed by atoms with E-state index < -0.39 is 11.7 Å². The molecule has 12 heavy (non-hydrogen) atoms. The Labute approximate surface area is 74.2 Å². The van der Waals surface area contributed by atoms with Gasteiger partial charge in [-0.15, -0.1) is 0 Å². The van der Waals surface area contributed by atoms with Crippen molar-refractivity contribution in [2.75, 3.05) is 0 Å². The molecule has 0 spiro atoms. The fourth-order valence-corrected chi connectivity index (χ4v) is 0.777. The Balaban J connectivity index is 3.79. The zero-order valence-electron chi connectivity index (χ0n) is 7.88. The zero-order chi connectivity index (χ0) is 9.78. The summed E-state index contributed by atoms with van der Waals surface area (Å²) in [4.78, 5) is 0. The lowest BCUT2D eigenvalue weighted by atomic mass is 9.96. The second kappa shape index (κ2) is 4.43. The number of hydrogen-bond donors (Lipinski definition) is 2. The first-order valence-corrected chi connectivity index (χ1v) is 4.08. The smallest absolute Gasteiger partial charge is 0.0849 e.